The number of aromatic nitrogens is 1. The van der Waals surface area contributed by atoms with Gasteiger partial charge >= 0.3 is 0 Å². The Balaban J connectivity index is 1.29. The number of anilines is 1. The highest BCUT2D eigenvalue weighted by Gasteiger charge is 2.43. The topological polar surface area (TPSA) is 75.2 Å². The first-order valence-electron chi connectivity index (χ1n) is 13.9. The average Bonchev–Trinajstić information content (AvgIpc) is 2.97. The molecule has 0 unspecified atom stereocenters. The maximum absolute atomic E-state index is 13.8. The van der Waals surface area contributed by atoms with E-state index < -0.39 is 5.41 Å². The van der Waals surface area contributed by atoms with Gasteiger partial charge in [0, 0.05) is 54.0 Å². The number of hydrogen-bond acceptors (Lipinski definition) is 6. The molecule has 9 heteroatoms. The maximum atomic E-state index is 13.8. The Bertz CT molecular complexity index is 1140. The van der Waals surface area contributed by atoms with Crippen LogP contribution in [0.2, 0.25) is 5.15 Å². The van der Waals surface area contributed by atoms with Gasteiger partial charge in [0.1, 0.15) is 16.7 Å². The monoisotopic (exact) mass is 556 g/mol. The van der Waals surface area contributed by atoms with Crippen LogP contribution in [0.1, 0.15) is 54.4 Å². The van der Waals surface area contributed by atoms with Crippen LogP contribution < -0.4 is 9.64 Å². The summed E-state index contributed by atoms with van der Waals surface area (Å²) in [6.07, 6.45) is 5.57. The molecule has 2 aliphatic heterocycles. The van der Waals surface area contributed by atoms with Gasteiger partial charge in [-0.3, -0.25) is 9.59 Å². The summed E-state index contributed by atoms with van der Waals surface area (Å²) >= 11 is 6.33. The lowest BCUT2D eigenvalue weighted by atomic mass is 9.73. The molecule has 212 valence electrons. The molecule has 0 N–H and O–H groups in total. The van der Waals surface area contributed by atoms with Gasteiger partial charge in [-0.15, -0.1) is 0 Å². The van der Waals surface area contributed by atoms with Crippen molar-refractivity contribution in [1.29, 1.82) is 0 Å². The highest BCUT2D eigenvalue weighted by atomic mass is 35.5. The standard InChI is InChI=1S/C30H41ClN4O4/c1-33(2)28(36)25-10-11-26(32-27(25)31)35-17-12-22(13-18-35)7-6-16-34(3)29(37)30(14-19-39-20-15-30)23-8-5-9-24(21-23)38-4/h5,8-11,21-22H,6-7,12-20H2,1-4H3. The van der Waals surface area contributed by atoms with Crippen molar-refractivity contribution in [3.8, 4) is 5.75 Å². The fraction of sp³-hybridized carbons (Fsp3) is 0.567. The number of pyridine rings is 1. The number of carbonyl (C=O) groups excluding carboxylic acids is 2. The van der Waals surface area contributed by atoms with Gasteiger partial charge in [-0.25, -0.2) is 4.98 Å². The molecule has 0 saturated carbocycles. The summed E-state index contributed by atoms with van der Waals surface area (Å²) in [6.45, 7) is 3.73. The van der Waals surface area contributed by atoms with E-state index in [1.165, 1.54) is 4.90 Å². The Morgan fingerprint density at radius 2 is 1.85 bits per heavy atom. The molecule has 2 aliphatic rings. The molecule has 8 nitrogen and oxygen atoms in total. The Labute approximate surface area is 237 Å². The third-order valence-corrected chi connectivity index (χ3v) is 8.53. The van der Waals surface area contributed by atoms with Crippen LogP contribution >= 0.6 is 11.6 Å². The lowest BCUT2D eigenvalue weighted by Crippen LogP contribution is -2.49. The lowest BCUT2D eigenvalue weighted by Gasteiger charge is -2.39. The van der Waals surface area contributed by atoms with Crippen molar-refractivity contribution in [2.45, 2.75) is 43.9 Å². The smallest absolute Gasteiger partial charge is 0.256 e. The van der Waals surface area contributed by atoms with Crippen LogP contribution in [0.4, 0.5) is 5.82 Å². The van der Waals surface area contributed by atoms with E-state index in [1.54, 1.807) is 27.3 Å². The second-order valence-corrected chi connectivity index (χ2v) is 11.3. The molecule has 1 aromatic carbocycles. The molecule has 0 radical (unpaired) electrons. The van der Waals surface area contributed by atoms with Crippen LogP contribution in [0.3, 0.4) is 0 Å². The summed E-state index contributed by atoms with van der Waals surface area (Å²) in [5, 5.41) is 0.247. The number of carbonyl (C=O) groups is 2. The summed E-state index contributed by atoms with van der Waals surface area (Å²) in [7, 11) is 7.00. The Hall–Kier alpha value is -2.84. The van der Waals surface area contributed by atoms with Crippen molar-refractivity contribution in [3.05, 3.63) is 52.7 Å². The number of piperidine rings is 1. The van der Waals surface area contributed by atoms with Crippen LogP contribution in [-0.4, -0.2) is 87.7 Å². The number of amides is 2. The van der Waals surface area contributed by atoms with Gasteiger partial charge in [-0.05, 0) is 74.3 Å². The molecule has 0 aliphatic carbocycles. The van der Waals surface area contributed by atoms with E-state index in [4.69, 9.17) is 21.1 Å². The lowest BCUT2D eigenvalue weighted by molar-refractivity contribution is -0.140. The van der Waals surface area contributed by atoms with Crippen molar-refractivity contribution < 1.29 is 19.1 Å². The number of halogens is 1. The molecule has 2 amide bonds. The quantitative estimate of drug-likeness (QED) is 0.419. The molecule has 0 atom stereocenters. The molecule has 0 spiro atoms. The predicted molar refractivity (Wildman–Crippen MR) is 154 cm³/mol. The van der Waals surface area contributed by atoms with Crippen LogP contribution in [-0.2, 0) is 14.9 Å². The van der Waals surface area contributed by atoms with Gasteiger partial charge in [0.05, 0.1) is 18.1 Å². The zero-order chi connectivity index (χ0) is 28.0. The van der Waals surface area contributed by atoms with Crippen molar-refractivity contribution in [1.82, 2.24) is 14.8 Å². The van der Waals surface area contributed by atoms with Gasteiger partial charge in [-0.1, -0.05) is 23.7 Å². The van der Waals surface area contributed by atoms with Gasteiger partial charge < -0.3 is 24.2 Å². The van der Waals surface area contributed by atoms with Gasteiger partial charge in [0.2, 0.25) is 5.91 Å². The third kappa shape index (κ3) is 6.67. The van der Waals surface area contributed by atoms with E-state index in [0.29, 0.717) is 37.5 Å². The molecule has 1 aromatic heterocycles. The second-order valence-electron chi connectivity index (χ2n) is 10.9. The van der Waals surface area contributed by atoms with Gasteiger partial charge in [0.25, 0.3) is 5.91 Å². The number of likely N-dealkylation sites (N-methyl/N-ethyl adjacent to an activating group) is 1. The first-order chi connectivity index (χ1) is 18.7. The minimum Gasteiger partial charge on any atom is -0.497 e. The summed E-state index contributed by atoms with van der Waals surface area (Å²) in [6, 6.07) is 11.6. The summed E-state index contributed by atoms with van der Waals surface area (Å²) in [5.74, 6) is 2.24. The third-order valence-electron chi connectivity index (χ3n) is 8.24. The molecule has 39 heavy (non-hydrogen) atoms. The summed E-state index contributed by atoms with van der Waals surface area (Å²) < 4.78 is 11.1. The van der Waals surface area contributed by atoms with E-state index in [9.17, 15) is 9.59 Å². The molecule has 2 saturated heterocycles. The van der Waals surface area contributed by atoms with Crippen molar-refractivity contribution >= 4 is 29.2 Å². The van der Waals surface area contributed by atoms with Gasteiger partial charge in [0.15, 0.2) is 0 Å². The zero-order valence-corrected chi connectivity index (χ0v) is 24.4. The molecule has 2 aromatic rings. The molecule has 3 heterocycles. The Morgan fingerprint density at radius 3 is 2.49 bits per heavy atom. The molecule has 2 fully saturated rings. The van der Waals surface area contributed by atoms with E-state index in [0.717, 1.165) is 62.4 Å². The van der Waals surface area contributed by atoms with E-state index >= 15 is 0 Å². The summed E-state index contributed by atoms with van der Waals surface area (Å²) in [5.41, 5.74) is 0.878. The van der Waals surface area contributed by atoms with Crippen molar-refractivity contribution in [3.63, 3.8) is 0 Å². The van der Waals surface area contributed by atoms with E-state index in [-0.39, 0.29) is 17.0 Å². The fourth-order valence-electron chi connectivity index (χ4n) is 5.80. The molecular weight excluding hydrogens is 516 g/mol. The summed E-state index contributed by atoms with van der Waals surface area (Å²) in [4.78, 5) is 36.2. The number of benzene rings is 1. The van der Waals surface area contributed by atoms with Crippen molar-refractivity contribution in [2.24, 2.45) is 5.92 Å². The van der Waals surface area contributed by atoms with E-state index in [1.807, 2.05) is 42.3 Å². The number of rotatable bonds is 9. The normalized spacial score (nSPS) is 17.5. The minimum atomic E-state index is -0.562. The van der Waals surface area contributed by atoms with Crippen LogP contribution in [0.25, 0.3) is 0 Å². The molecule has 4 rings (SSSR count). The first-order valence-corrected chi connectivity index (χ1v) is 14.2. The highest BCUT2D eigenvalue weighted by molar-refractivity contribution is 6.32. The average molecular weight is 557 g/mol. The molecular formula is C30H41ClN4O4. The second kappa shape index (κ2) is 13.0. The van der Waals surface area contributed by atoms with E-state index in [2.05, 4.69) is 9.88 Å². The number of methoxy groups -OCH3 is 1. The Kier molecular flexibility index (Phi) is 9.72. The predicted octanol–water partition coefficient (Wildman–Crippen LogP) is 4.65. The zero-order valence-electron chi connectivity index (χ0n) is 23.6. The Morgan fingerprint density at radius 1 is 1.13 bits per heavy atom. The highest BCUT2D eigenvalue weighted by Crippen LogP contribution is 2.38. The van der Waals surface area contributed by atoms with Crippen LogP contribution in [0, 0.1) is 5.92 Å². The van der Waals surface area contributed by atoms with Gasteiger partial charge in [-0.2, -0.15) is 0 Å². The van der Waals surface area contributed by atoms with Crippen LogP contribution in [0.5, 0.6) is 5.75 Å². The fourth-order valence-corrected chi connectivity index (χ4v) is 6.03. The number of hydrogen-bond donors (Lipinski definition) is 0. The largest absolute Gasteiger partial charge is 0.497 e. The SMILES string of the molecule is COc1cccc(C2(C(=O)N(C)CCCC3CCN(c4ccc(C(=O)N(C)C)c(Cl)n4)CC3)CCOCC2)c1. The number of ether oxygens (including phenoxy) is 2. The van der Waals surface area contributed by atoms with Crippen LogP contribution in [0.15, 0.2) is 36.4 Å². The number of nitrogens with zero attached hydrogens (tertiary/aromatic N) is 4. The maximum Gasteiger partial charge on any atom is 0.256 e. The van der Waals surface area contributed by atoms with Crippen molar-refractivity contribution in [2.75, 3.05) is 66.0 Å². The molecule has 0 bridgehead atoms. The first kappa shape index (κ1) is 29.2. The minimum absolute atomic E-state index is 0.146.